The van der Waals surface area contributed by atoms with Gasteiger partial charge in [0.2, 0.25) is 0 Å². The van der Waals surface area contributed by atoms with Gasteiger partial charge in [0.05, 0.1) is 24.6 Å². The molecule has 2 aromatic carbocycles. The maximum Gasteiger partial charge on any atom is 0.340 e. The zero-order valence-corrected chi connectivity index (χ0v) is 15.4. The maximum absolute atomic E-state index is 14.1. The number of carbonyl (C=O) groups excluding carboxylic acids is 2. The molecule has 0 saturated heterocycles. The molecule has 0 spiro atoms. The molecule has 0 amide bonds. The lowest BCUT2D eigenvalue weighted by Gasteiger charge is -2.08. The summed E-state index contributed by atoms with van der Waals surface area (Å²) in [7, 11) is 1.17. The predicted molar refractivity (Wildman–Crippen MR) is 102 cm³/mol. The molecule has 7 heteroatoms. The Morgan fingerprint density at radius 3 is 2.50 bits per heavy atom. The van der Waals surface area contributed by atoms with Crippen LogP contribution in [0.3, 0.4) is 0 Å². The first-order valence-corrected chi connectivity index (χ1v) is 8.48. The molecule has 0 unspecified atom stereocenters. The van der Waals surface area contributed by atoms with Crippen LogP contribution in [0.15, 0.2) is 48.7 Å². The van der Waals surface area contributed by atoms with Crippen LogP contribution in [-0.2, 0) is 11.2 Å². The Labute approximate surface area is 161 Å². The zero-order chi connectivity index (χ0) is 20.3. The van der Waals surface area contributed by atoms with E-state index in [2.05, 4.69) is 14.7 Å². The summed E-state index contributed by atoms with van der Waals surface area (Å²) in [6.45, 7) is 1.97. The lowest BCUT2D eigenvalue weighted by atomic mass is 10.0. The summed E-state index contributed by atoms with van der Waals surface area (Å²) in [6.07, 6.45) is 1.37. The van der Waals surface area contributed by atoms with Gasteiger partial charge in [-0.25, -0.2) is 19.2 Å². The van der Waals surface area contributed by atoms with Crippen LogP contribution in [0, 0.1) is 12.7 Å². The molecule has 6 nitrogen and oxygen atoms in total. The fourth-order valence-electron chi connectivity index (χ4n) is 2.68. The molecule has 0 atom stereocenters. The minimum absolute atomic E-state index is 0.00696. The number of aryl methyl sites for hydroxylation is 1. The van der Waals surface area contributed by atoms with Gasteiger partial charge in [0.1, 0.15) is 11.5 Å². The molecule has 0 aliphatic carbocycles. The molecule has 142 valence electrons. The van der Waals surface area contributed by atoms with E-state index < -0.39 is 17.6 Å². The number of nitrogens with zero attached hydrogens (tertiary/aromatic N) is 2. The first-order chi connectivity index (χ1) is 13.4. The summed E-state index contributed by atoms with van der Waals surface area (Å²) >= 11 is 0. The first-order valence-electron chi connectivity index (χ1n) is 8.48. The molecule has 0 saturated carbocycles. The number of hydrogen-bond acceptors (Lipinski definition) is 6. The van der Waals surface area contributed by atoms with Crippen molar-refractivity contribution >= 4 is 17.6 Å². The Kier molecular flexibility index (Phi) is 5.44. The van der Waals surface area contributed by atoms with Crippen molar-refractivity contribution in [2.75, 3.05) is 12.8 Å². The van der Waals surface area contributed by atoms with Crippen LogP contribution in [-0.4, -0.2) is 28.8 Å². The molecular formula is C21H18FN3O3. The van der Waals surface area contributed by atoms with E-state index in [4.69, 9.17) is 5.73 Å². The Hall–Kier alpha value is -3.61. The van der Waals surface area contributed by atoms with Crippen molar-refractivity contribution in [2.45, 2.75) is 13.3 Å². The van der Waals surface area contributed by atoms with E-state index >= 15 is 0 Å². The fraction of sp³-hybridized carbons (Fsp3) is 0.143. The summed E-state index contributed by atoms with van der Waals surface area (Å²) in [5.41, 5.74) is 8.47. The van der Waals surface area contributed by atoms with Gasteiger partial charge in [0.15, 0.2) is 11.6 Å². The van der Waals surface area contributed by atoms with Crippen LogP contribution >= 0.6 is 0 Å². The normalized spacial score (nSPS) is 10.5. The number of Topliss-reactive ketones (excluding diaryl/α,β-unsaturated/α-hetero) is 1. The average Bonchev–Trinajstić information content (AvgIpc) is 2.68. The first kappa shape index (κ1) is 19.2. The molecule has 0 bridgehead atoms. The summed E-state index contributed by atoms with van der Waals surface area (Å²) in [6, 6.07) is 11.5. The van der Waals surface area contributed by atoms with Crippen molar-refractivity contribution < 1.29 is 18.7 Å². The van der Waals surface area contributed by atoms with Crippen LogP contribution in [0.4, 0.5) is 10.2 Å². The van der Waals surface area contributed by atoms with Gasteiger partial charge in [-0.3, -0.25) is 4.79 Å². The largest absolute Gasteiger partial charge is 0.465 e. The molecule has 0 aliphatic heterocycles. The average molecular weight is 379 g/mol. The highest BCUT2D eigenvalue weighted by molar-refractivity contribution is 6.00. The predicted octanol–water partition coefficient (Wildman–Crippen LogP) is 3.39. The third kappa shape index (κ3) is 4.03. The fourth-order valence-corrected chi connectivity index (χ4v) is 2.68. The number of aromatic nitrogens is 2. The van der Waals surface area contributed by atoms with Crippen LogP contribution in [0.5, 0.6) is 0 Å². The third-order valence-corrected chi connectivity index (χ3v) is 4.22. The number of hydrogen-bond donors (Lipinski definition) is 1. The van der Waals surface area contributed by atoms with E-state index in [0.29, 0.717) is 11.3 Å². The van der Waals surface area contributed by atoms with Crippen molar-refractivity contribution in [1.82, 2.24) is 9.97 Å². The quantitative estimate of drug-likeness (QED) is 0.539. The lowest BCUT2D eigenvalue weighted by molar-refractivity contribution is 0.0595. The summed E-state index contributed by atoms with van der Waals surface area (Å²) in [5, 5.41) is 0. The zero-order valence-electron chi connectivity index (χ0n) is 15.4. The van der Waals surface area contributed by atoms with Crippen molar-refractivity contribution in [2.24, 2.45) is 0 Å². The van der Waals surface area contributed by atoms with E-state index in [1.807, 2.05) is 31.2 Å². The van der Waals surface area contributed by atoms with E-state index in [-0.39, 0.29) is 23.5 Å². The number of ketones is 1. The summed E-state index contributed by atoms with van der Waals surface area (Å²) in [5.74, 6) is -1.93. The van der Waals surface area contributed by atoms with E-state index in [9.17, 15) is 14.0 Å². The smallest absolute Gasteiger partial charge is 0.340 e. The standard InChI is InChI=1S/C21H18FN3O3/c1-12-3-6-14(7-4-12)17-11-24-20(23)19(25-17)18(26)10-13-5-8-15(16(22)9-13)21(27)28-2/h3-9,11H,10H2,1-2H3,(H2,23,24). The van der Waals surface area contributed by atoms with E-state index in [0.717, 1.165) is 17.2 Å². The molecule has 28 heavy (non-hydrogen) atoms. The molecular weight excluding hydrogens is 361 g/mol. The van der Waals surface area contributed by atoms with Crippen molar-refractivity contribution in [3.63, 3.8) is 0 Å². The molecule has 3 aromatic rings. The molecule has 0 radical (unpaired) electrons. The highest BCUT2D eigenvalue weighted by atomic mass is 19.1. The molecule has 3 rings (SSSR count). The minimum atomic E-state index is -0.781. The van der Waals surface area contributed by atoms with Crippen LogP contribution in [0.1, 0.15) is 32.0 Å². The highest BCUT2D eigenvalue weighted by Gasteiger charge is 2.18. The SMILES string of the molecule is COC(=O)c1ccc(CC(=O)c2nc(-c3ccc(C)cc3)cnc2N)cc1F. The summed E-state index contributed by atoms with van der Waals surface area (Å²) in [4.78, 5) is 32.5. The molecule has 0 fully saturated rings. The molecule has 0 aliphatic rings. The number of carbonyl (C=O) groups is 2. The lowest BCUT2D eigenvalue weighted by Crippen LogP contribution is -2.12. The number of rotatable bonds is 5. The van der Waals surface area contributed by atoms with Crippen LogP contribution < -0.4 is 5.73 Å². The number of benzene rings is 2. The van der Waals surface area contributed by atoms with Gasteiger partial charge in [-0.2, -0.15) is 0 Å². The number of methoxy groups -OCH3 is 1. The number of ether oxygens (including phenoxy) is 1. The minimum Gasteiger partial charge on any atom is -0.465 e. The number of nitrogens with two attached hydrogens (primary N) is 1. The van der Waals surface area contributed by atoms with Crippen LogP contribution in [0.25, 0.3) is 11.3 Å². The van der Waals surface area contributed by atoms with E-state index in [1.54, 1.807) is 0 Å². The van der Waals surface area contributed by atoms with Gasteiger partial charge in [-0.15, -0.1) is 0 Å². The second kappa shape index (κ2) is 7.96. The Bertz CT molecular complexity index is 1050. The highest BCUT2D eigenvalue weighted by Crippen LogP contribution is 2.20. The molecule has 1 heterocycles. The van der Waals surface area contributed by atoms with E-state index in [1.165, 1.54) is 25.4 Å². The Balaban J connectivity index is 1.86. The number of esters is 1. The molecule has 1 aromatic heterocycles. The second-order valence-electron chi connectivity index (χ2n) is 6.26. The van der Waals surface area contributed by atoms with Gasteiger partial charge >= 0.3 is 5.97 Å². The number of nitrogen functional groups attached to an aromatic ring is 1. The number of anilines is 1. The van der Waals surface area contributed by atoms with Gasteiger partial charge in [-0.1, -0.05) is 35.9 Å². The van der Waals surface area contributed by atoms with Crippen molar-refractivity contribution in [3.05, 3.63) is 76.9 Å². The Morgan fingerprint density at radius 2 is 1.86 bits per heavy atom. The van der Waals surface area contributed by atoms with Gasteiger partial charge in [0, 0.05) is 12.0 Å². The molecule has 2 N–H and O–H groups in total. The van der Waals surface area contributed by atoms with Gasteiger partial charge in [-0.05, 0) is 24.6 Å². The maximum atomic E-state index is 14.1. The topological polar surface area (TPSA) is 95.2 Å². The monoisotopic (exact) mass is 379 g/mol. The van der Waals surface area contributed by atoms with Crippen molar-refractivity contribution in [1.29, 1.82) is 0 Å². The Morgan fingerprint density at radius 1 is 1.14 bits per heavy atom. The summed E-state index contributed by atoms with van der Waals surface area (Å²) < 4.78 is 18.6. The van der Waals surface area contributed by atoms with Gasteiger partial charge in [0.25, 0.3) is 0 Å². The number of halogens is 1. The third-order valence-electron chi connectivity index (χ3n) is 4.22. The second-order valence-corrected chi connectivity index (χ2v) is 6.26. The van der Waals surface area contributed by atoms with Crippen molar-refractivity contribution in [3.8, 4) is 11.3 Å². The van der Waals surface area contributed by atoms with Gasteiger partial charge < -0.3 is 10.5 Å². The van der Waals surface area contributed by atoms with Crippen LogP contribution in [0.2, 0.25) is 0 Å².